The summed E-state index contributed by atoms with van der Waals surface area (Å²) < 4.78 is 5.43. The number of nitro groups is 1. The molecule has 106 valence electrons. The van der Waals surface area contributed by atoms with Crippen molar-refractivity contribution in [1.82, 2.24) is 10.2 Å². The molecule has 0 fully saturated rings. The van der Waals surface area contributed by atoms with Gasteiger partial charge in [0.2, 0.25) is 0 Å². The van der Waals surface area contributed by atoms with Crippen LogP contribution >= 0.6 is 0 Å². The van der Waals surface area contributed by atoms with Crippen molar-refractivity contribution in [3.63, 3.8) is 0 Å². The third-order valence-corrected chi connectivity index (χ3v) is 2.56. The van der Waals surface area contributed by atoms with Gasteiger partial charge in [0.15, 0.2) is 0 Å². The van der Waals surface area contributed by atoms with E-state index in [1.54, 1.807) is 12.1 Å². The minimum Gasteiger partial charge on any atom is -0.379 e. The molecule has 1 rings (SSSR count). The maximum atomic E-state index is 10.6. The fourth-order valence-corrected chi connectivity index (χ4v) is 1.51. The highest BCUT2D eigenvalue weighted by Crippen LogP contribution is 2.12. The van der Waals surface area contributed by atoms with Crippen molar-refractivity contribution in [2.24, 2.45) is 0 Å². The Bertz CT molecular complexity index is 396. The van der Waals surface area contributed by atoms with Crippen LogP contribution in [0.4, 0.5) is 5.69 Å². The van der Waals surface area contributed by atoms with E-state index in [0.717, 1.165) is 18.7 Å². The molecule has 6 nitrogen and oxygen atoms in total. The number of nitro benzene ring substituents is 1. The minimum atomic E-state index is -0.381. The fourth-order valence-electron chi connectivity index (χ4n) is 1.51. The van der Waals surface area contributed by atoms with Gasteiger partial charge in [-0.3, -0.25) is 10.1 Å². The normalized spacial score (nSPS) is 10.9. The molecule has 6 heteroatoms. The van der Waals surface area contributed by atoms with Crippen molar-refractivity contribution in [2.75, 3.05) is 40.4 Å². The van der Waals surface area contributed by atoms with Gasteiger partial charge in [-0.25, -0.2) is 0 Å². The fraction of sp³-hybridized carbons (Fsp3) is 0.538. The molecule has 0 amide bonds. The van der Waals surface area contributed by atoms with Crippen LogP contribution in [0.25, 0.3) is 0 Å². The number of benzene rings is 1. The molecule has 0 spiro atoms. The Kier molecular flexibility index (Phi) is 7.02. The van der Waals surface area contributed by atoms with E-state index in [2.05, 4.69) is 10.2 Å². The highest BCUT2D eigenvalue weighted by Gasteiger charge is 2.04. The highest BCUT2D eigenvalue weighted by molar-refractivity contribution is 5.34. The molecule has 1 N–H and O–H groups in total. The average molecular weight is 267 g/mol. The van der Waals surface area contributed by atoms with Crippen molar-refractivity contribution in [1.29, 1.82) is 0 Å². The lowest BCUT2D eigenvalue weighted by molar-refractivity contribution is -0.384. The predicted octanol–water partition coefficient (Wildman–Crippen LogP) is 1.26. The summed E-state index contributed by atoms with van der Waals surface area (Å²) in [6.45, 7) is 3.61. The van der Waals surface area contributed by atoms with Crippen molar-refractivity contribution in [2.45, 2.75) is 6.54 Å². The molecule has 0 saturated carbocycles. The van der Waals surface area contributed by atoms with E-state index in [1.165, 1.54) is 6.07 Å². The summed E-state index contributed by atoms with van der Waals surface area (Å²) in [6.07, 6.45) is 0. The molecule has 0 aliphatic carbocycles. The van der Waals surface area contributed by atoms with Gasteiger partial charge >= 0.3 is 0 Å². The largest absolute Gasteiger partial charge is 0.379 e. The van der Waals surface area contributed by atoms with Crippen LogP contribution in [0.1, 0.15) is 5.56 Å². The number of hydrogen-bond acceptors (Lipinski definition) is 5. The molecule has 0 heterocycles. The molecular formula is C13H21N3O3. The van der Waals surface area contributed by atoms with E-state index in [0.29, 0.717) is 19.8 Å². The van der Waals surface area contributed by atoms with Crippen LogP contribution in [-0.2, 0) is 11.3 Å². The SMILES string of the molecule is CN(C)CCOCCNCc1cccc([N+](=O)[O-])c1. The summed E-state index contributed by atoms with van der Waals surface area (Å²) in [4.78, 5) is 12.3. The van der Waals surface area contributed by atoms with Crippen LogP contribution in [0.2, 0.25) is 0 Å². The van der Waals surface area contributed by atoms with Gasteiger partial charge in [-0.2, -0.15) is 0 Å². The molecule has 0 aliphatic heterocycles. The summed E-state index contributed by atoms with van der Waals surface area (Å²) in [5.74, 6) is 0. The first-order valence-electron chi connectivity index (χ1n) is 6.26. The summed E-state index contributed by atoms with van der Waals surface area (Å²) in [6, 6.07) is 6.64. The molecule has 0 unspecified atom stereocenters. The van der Waals surface area contributed by atoms with Crippen LogP contribution in [0.5, 0.6) is 0 Å². The number of non-ortho nitro benzene ring substituents is 1. The van der Waals surface area contributed by atoms with Crippen molar-refractivity contribution >= 4 is 5.69 Å². The number of hydrogen-bond donors (Lipinski definition) is 1. The van der Waals surface area contributed by atoms with E-state index in [9.17, 15) is 10.1 Å². The standard InChI is InChI=1S/C13H21N3O3/c1-15(2)7-9-19-8-6-14-11-12-4-3-5-13(10-12)16(17)18/h3-5,10,14H,6-9,11H2,1-2H3. The second-order valence-electron chi connectivity index (χ2n) is 4.52. The lowest BCUT2D eigenvalue weighted by Gasteiger charge is -2.10. The smallest absolute Gasteiger partial charge is 0.269 e. The Morgan fingerprint density at radius 2 is 2.16 bits per heavy atom. The maximum absolute atomic E-state index is 10.6. The van der Waals surface area contributed by atoms with Crippen LogP contribution in [0.15, 0.2) is 24.3 Å². The van der Waals surface area contributed by atoms with E-state index >= 15 is 0 Å². The quantitative estimate of drug-likeness (QED) is 0.414. The van der Waals surface area contributed by atoms with Crippen molar-refractivity contribution < 1.29 is 9.66 Å². The van der Waals surface area contributed by atoms with Crippen LogP contribution in [-0.4, -0.2) is 50.2 Å². The first-order chi connectivity index (χ1) is 9.09. The topological polar surface area (TPSA) is 67.6 Å². The van der Waals surface area contributed by atoms with E-state index in [-0.39, 0.29) is 10.6 Å². The zero-order valence-corrected chi connectivity index (χ0v) is 11.5. The Hall–Kier alpha value is -1.50. The van der Waals surface area contributed by atoms with Crippen molar-refractivity contribution in [3.8, 4) is 0 Å². The number of nitrogens with zero attached hydrogens (tertiary/aromatic N) is 2. The van der Waals surface area contributed by atoms with E-state index < -0.39 is 0 Å². The average Bonchev–Trinajstić information content (AvgIpc) is 2.37. The highest BCUT2D eigenvalue weighted by atomic mass is 16.6. The van der Waals surface area contributed by atoms with E-state index in [1.807, 2.05) is 20.2 Å². The van der Waals surface area contributed by atoms with Crippen molar-refractivity contribution in [3.05, 3.63) is 39.9 Å². The Labute approximate surface area is 113 Å². The molecule has 0 atom stereocenters. The van der Waals surface area contributed by atoms with Gasteiger partial charge in [-0.05, 0) is 19.7 Å². The van der Waals surface area contributed by atoms with Gasteiger partial charge in [-0.15, -0.1) is 0 Å². The van der Waals surface area contributed by atoms with Crippen LogP contribution in [0, 0.1) is 10.1 Å². The zero-order chi connectivity index (χ0) is 14.1. The van der Waals surface area contributed by atoms with Gasteiger partial charge in [0.05, 0.1) is 18.1 Å². The first-order valence-corrected chi connectivity index (χ1v) is 6.26. The van der Waals surface area contributed by atoms with Gasteiger partial charge in [-0.1, -0.05) is 12.1 Å². The zero-order valence-electron chi connectivity index (χ0n) is 11.5. The predicted molar refractivity (Wildman–Crippen MR) is 74.2 cm³/mol. The lowest BCUT2D eigenvalue weighted by atomic mass is 10.2. The third kappa shape index (κ3) is 6.85. The molecule has 1 aromatic carbocycles. The van der Waals surface area contributed by atoms with E-state index in [4.69, 9.17) is 4.74 Å². The van der Waals surface area contributed by atoms with Gasteiger partial charge in [0, 0.05) is 31.8 Å². The molecule has 0 aliphatic rings. The Balaban J connectivity index is 2.15. The lowest BCUT2D eigenvalue weighted by Crippen LogP contribution is -2.23. The summed E-state index contributed by atoms with van der Waals surface area (Å²) in [5, 5.41) is 13.8. The summed E-state index contributed by atoms with van der Waals surface area (Å²) in [5.41, 5.74) is 1.03. The number of likely N-dealkylation sites (N-methyl/N-ethyl adjacent to an activating group) is 1. The molecule has 0 bridgehead atoms. The Morgan fingerprint density at radius 1 is 1.37 bits per heavy atom. The number of rotatable bonds is 9. The monoisotopic (exact) mass is 267 g/mol. The summed E-state index contributed by atoms with van der Waals surface area (Å²) in [7, 11) is 4.01. The molecule has 19 heavy (non-hydrogen) atoms. The first kappa shape index (κ1) is 15.6. The molecule has 0 aromatic heterocycles. The second kappa shape index (κ2) is 8.58. The van der Waals surface area contributed by atoms with Gasteiger partial charge < -0.3 is 15.0 Å². The Morgan fingerprint density at radius 3 is 2.84 bits per heavy atom. The molecule has 1 aromatic rings. The third-order valence-electron chi connectivity index (χ3n) is 2.56. The van der Waals surface area contributed by atoms with Gasteiger partial charge in [0.1, 0.15) is 0 Å². The van der Waals surface area contributed by atoms with Crippen LogP contribution < -0.4 is 5.32 Å². The van der Waals surface area contributed by atoms with Crippen LogP contribution in [0.3, 0.4) is 0 Å². The molecule has 0 radical (unpaired) electrons. The van der Waals surface area contributed by atoms with Gasteiger partial charge in [0.25, 0.3) is 5.69 Å². The number of nitrogens with one attached hydrogen (secondary N) is 1. The molecule has 0 saturated heterocycles. The minimum absolute atomic E-state index is 0.126. The summed E-state index contributed by atoms with van der Waals surface area (Å²) >= 11 is 0. The number of ether oxygens (including phenoxy) is 1. The molecular weight excluding hydrogens is 246 g/mol. The maximum Gasteiger partial charge on any atom is 0.269 e. The second-order valence-corrected chi connectivity index (χ2v) is 4.52.